The molecule has 3 aromatic carbocycles. The normalized spacial score (nSPS) is 14.6. The van der Waals surface area contributed by atoms with Crippen LogP contribution in [0.5, 0.6) is 0 Å². The number of hydrogen-bond donors (Lipinski definition) is 3. The number of carbonyl (C=O) groups is 3. The van der Waals surface area contributed by atoms with E-state index in [1.807, 2.05) is 59.5 Å². The zero-order valence-corrected chi connectivity index (χ0v) is 22.4. The minimum atomic E-state index is -1.70. The highest BCUT2D eigenvalue weighted by Gasteiger charge is 2.29. The first-order chi connectivity index (χ1) is 19.2. The smallest absolute Gasteiger partial charge is 0.332 e. The molecule has 3 aromatic rings. The highest BCUT2D eigenvalue weighted by molar-refractivity contribution is 6.35. The van der Waals surface area contributed by atoms with Gasteiger partial charge in [-0.25, -0.2) is 4.79 Å². The lowest BCUT2D eigenvalue weighted by atomic mass is 9.97. The molecule has 1 aliphatic heterocycles. The third kappa shape index (κ3) is 7.17. The predicted octanol–water partition coefficient (Wildman–Crippen LogP) is 3.09. The Morgan fingerprint density at radius 2 is 1.65 bits per heavy atom. The van der Waals surface area contributed by atoms with Crippen LogP contribution in [-0.4, -0.2) is 71.2 Å². The molecular weight excluding hydrogens is 532 g/mol. The highest BCUT2D eigenvalue weighted by Crippen LogP contribution is 2.24. The van der Waals surface area contributed by atoms with Crippen LogP contribution in [0.1, 0.15) is 17.5 Å². The van der Waals surface area contributed by atoms with Crippen molar-refractivity contribution in [2.24, 2.45) is 0 Å². The monoisotopic (exact) mass is 560 g/mol. The molecule has 9 nitrogen and oxygen atoms in total. The van der Waals surface area contributed by atoms with E-state index in [1.165, 1.54) is 4.90 Å². The summed E-state index contributed by atoms with van der Waals surface area (Å²) in [6.07, 6.45) is -1.74. The number of nitriles is 1. The van der Waals surface area contributed by atoms with Gasteiger partial charge in [0.2, 0.25) is 0 Å². The Kier molecular flexibility index (Phi) is 9.38. The third-order valence-electron chi connectivity index (χ3n) is 6.85. The molecule has 3 N–H and O–H groups in total. The molecule has 2 atom stereocenters. The van der Waals surface area contributed by atoms with Gasteiger partial charge in [0.1, 0.15) is 6.07 Å². The van der Waals surface area contributed by atoms with E-state index in [9.17, 15) is 29.9 Å². The molecule has 2 amide bonds. The van der Waals surface area contributed by atoms with Crippen LogP contribution in [0.25, 0.3) is 11.1 Å². The zero-order valence-electron chi connectivity index (χ0n) is 21.7. The van der Waals surface area contributed by atoms with Crippen molar-refractivity contribution in [1.82, 2.24) is 10.2 Å². The van der Waals surface area contributed by atoms with Gasteiger partial charge in [0.05, 0.1) is 11.3 Å². The van der Waals surface area contributed by atoms with E-state index in [4.69, 9.17) is 11.6 Å². The minimum absolute atomic E-state index is 0.220. The van der Waals surface area contributed by atoms with E-state index in [0.717, 1.165) is 22.4 Å². The largest absolute Gasteiger partial charge is 0.479 e. The van der Waals surface area contributed by atoms with E-state index in [0.29, 0.717) is 36.8 Å². The van der Waals surface area contributed by atoms with E-state index >= 15 is 0 Å². The Labute approximate surface area is 237 Å². The Bertz CT molecular complexity index is 1410. The van der Waals surface area contributed by atoms with Crippen molar-refractivity contribution in [2.75, 3.05) is 31.1 Å². The fraction of sp³-hybridized carbons (Fsp3) is 0.267. The van der Waals surface area contributed by atoms with E-state index in [1.54, 1.807) is 18.2 Å². The standard InChI is InChI=1S/C30H29ClN4O5/c31-24-6-3-5-22(17-24)21-10-8-20(9-11-21)16-25(18-27(36)30(39)40)33-28(37)29(38)35-14-12-34(13-15-35)26-7-2-1-4-23(26)19-32/h1-11,17,25,27,36H,12-16,18H2,(H,33,37)(H,39,40)/t25-,27-/m1/s1. The number of amides is 2. The Balaban J connectivity index is 1.39. The summed E-state index contributed by atoms with van der Waals surface area (Å²) < 4.78 is 0. The molecule has 10 heteroatoms. The number of benzene rings is 3. The summed E-state index contributed by atoms with van der Waals surface area (Å²) >= 11 is 6.09. The summed E-state index contributed by atoms with van der Waals surface area (Å²) in [6, 6.07) is 23.5. The number of para-hydroxylation sites is 1. The van der Waals surface area contributed by atoms with Crippen LogP contribution in [0, 0.1) is 11.3 Å². The van der Waals surface area contributed by atoms with Gasteiger partial charge in [0.25, 0.3) is 0 Å². The van der Waals surface area contributed by atoms with Gasteiger partial charge in [-0.3, -0.25) is 9.59 Å². The fourth-order valence-electron chi connectivity index (χ4n) is 4.73. The maximum absolute atomic E-state index is 13.0. The maximum atomic E-state index is 13.0. The van der Waals surface area contributed by atoms with Crippen molar-refractivity contribution in [3.63, 3.8) is 0 Å². The molecular formula is C30H29ClN4O5. The molecule has 0 aliphatic carbocycles. The summed E-state index contributed by atoms with van der Waals surface area (Å²) in [5.41, 5.74) is 3.99. The van der Waals surface area contributed by atoms with Crippen molar-refractivity contribution in [1.29, 1.82) is 5.26 Å². The molecule has 1 saturated heterocycles. The lowest BCUT2D eigenvalue weighted by Gasteiger charge is -2.36. The summed E-state index contributed by atoms with van der Waals surface area (Å²) in [6.45, 7) is 1.49. The van der Waals surface area contributed by atoms with Gasteiger partial charge in [-0.05, 0) is 47.4 Å². The van der Waals surface area contributed by atoms with Crippen LogP contribution < -0.4 is 10.2 Å². The molecule has 1 fully saturated rings. The number of aliphatic hydroxyl groups is 1. The number of aliphatic hydroxyl groups excluding tert-OH is 1. The molecule has 0 bridgehead atoms. The molecule has 206 valence electrons. The number of carboxylic acids is 1. The number of carbonyl (C=O) groups excluding carboxylic acids is 2. The molecule has 4 rings (SSSR count). The lowest BCUT2D eigenvalue weighted by molar-refractivity contribution is -0.148. The number of hydrogen-bond acceptors (Lipinski definition) is 6. The highest BCUT2D eigenvalue weighted by atomic mass is 35.5. The van der Waals surface area contributed by atoms with Crippen molar-refractivity contribution in [2.45, 2.75) is 25.0 Å². The van der Waals surface area contributed by atoms with Gasteiger partial charge >= 0.3 is 17.8 Å². The summed E-state index contributed by atoms with van der Waals surface area (Å²) in [4.78, 5) is 40.6. The molecule has 0 radical (unpaired) electrons. The average molecular weight is 561 g/mol. The number of aliphatic carboxylic acids is 1. The number of halogens is 1. The van der Waals surface area contributed by atoms with Gasteiger partial charge in [0, 0.05) is 43.7 Å². The molecule has 1 heterocycles. The van der Waals surface area contributed by atoms with Crippen LogP contribution in [0.3, 0.4) is 0 Å². The molecule has 40 heavy (non-hydrogen) atoms. The third-order valence-corrected chi connectivity index (χ3v) is 7.08. The number of nitrogens with zero attached hydrogens (tertiary/aromatic N) is 3. The van der Waals surface area contributed by atoms with Crippen LogP contribution >= 0.6 is 11.6 Å². The van der Waals surface area contributed by atoms with Crippen molar-refractivity contribution in [3.8, 4) is 17.2 Å². The fourth-order valence-corrected chi connectivity index (χ4v) is 4.92. The van der Waals surface area contributed by atoms with Crippen LogP contribution in [0.15, 0.2) is 72.8 Å². The molecule has 0 saturated carbocycles. The summed E-state index contributed by atoms with van der Waals surface area (Å²) in [5, 5.41) is 31.8. The topological polar surface area (TPSA) is 134 Å². The number of nitrogens with one attached hydrogen (secondary N) is 1. The second-order valence-electron chi connectivity index (χ2n) is 9.58. The number of rotatable bonds is 8. The minimum Gasteiger partial charge on any atom is -0.479 e. The SMILES string of the molecule is N#Cc1ccccc1N1CCN(C(=O)C(=O)N[C@H](Cc2ccc(-c3cccc(Cl)c3)cc2)C[C@@H](O)C(=O)O)CC1. The van der Waals surface area contributed by atoms with Crippen molar-refractivity contribution >= 4 is 35.1 Å². The predicted molar refractivity (Wildman–Crippen MR) is 151 cm³/mol. The average Bonchev–Trinajstić information content (AvgIpc) is 2.97. The Morgan fingerprint density at radius 3 is 2.30 bits per heavy atom. The second-order valence-corrected chi connectivity index (χ2v) is 10.0. The van der Waals surface area contributed by atoms with Gasteiger partial charge in [-0.15, -0.1) is 0 Å². The zero-order chi connectivity index (χ0) is 28.6. The van der Waals surface area contributed by atoms with E-state index in [-0.39, 0.29) is 12.8 Å². The summed E-state index contributed by atoms with van der Waals surface area (Å²) in [5.74, 6) is -2.99. The number of carboxylic acid groups (broad SMARTS) is 1. The number of anilines is 1. The summed E-state index contributed by atoms with van der Waals surface area (Å²) in [7, 11) is 0. The van der Waals surface area contributed by atoms with Gasteiger partial charge in [-0.2, -0.15) is 5.26 Å². The van der Waals surface area contributed by atoms with Crippen molar-refractivity contribution < 1.29 is 24.6 Å². The molecule has 0 aromatic heterocycles. The lowest BCUT2D eigenvalue weighted by Crippen LogP contribution is -2.54. The second kappa shape index (κ2) is 13.1. The quantitative estimate of drug-likeness (QED) is 0.360. The Hall–Kier alpha value is -4.39. The maximum Gasteiger partial charge on any atom is 0.332 e. The van der Waals surface area contributed by atoms with Gasteiger partial charge in [0.15, 0.2) is 6.10 Å². The van der Waals surface area contributed by atoms with E-state index < -0.39 is 29.9 Å². The van der Waals surface area contributed by atoms with Crippen LogP contribution in [0.4, 0.5) is 5.69 Å². The Morgan fingerprint density at radius 1 is 0.950 bits per heavy atom. The van der Waals surface area contributed by atoms with Crippen LogP contribution in [0.2, 0.25) is 5.02 Å². The molecule has 1 aliphatic rings. The number of piperazine rings is 1. The van der Waals surface area contributed by atoms with Gasteiger partial charge < -0.3 is 25.3 Å². The first kappa shape index (κ1) is 28.6. The van der Waals surface area contributed by atoms with Crippen molar-refractivity contribution in [3.05, 3.63) is 88.9 Å². The first-order valence-corrected chi connectivity index (χ1v) is 13.2. The van der Waals surface area contributed by atoms with Gasteiger partial charge in [-0.1, -0.05) is 60.1 Å². The molecule has 0 spiro atoms. The van der Waals surface area contributed by atoms with E-state index in [2.05, 4.69) is 11.4 Å². The van der Waals surface area contributed by atoms with Crippen LogP contribution in [-0.2, 0) is 20.8 Å². The first-order valence-electron chi connectivity index (χ1n) is 12.8. The molecule has 0 unspecified atom stereocenters.